The summed E-state index contributed by atoms with van der Waals surface area (Å²) in [5.41, 5.74) is 30.6. The third-order valence-electron chi connectivity index (χ3n) is 22.2. The maximum absolute atomic E-state index is 13.6. The van der Waals surface area contributed by atoms with Crippen molar-refractivity contribution in [3.63, 3.8) is 0 Å². The van der Waals surface area contributed by atoms with Gasteiger partial charge in [-0.05, 0) is 74.1 Å². The monoisotopic (exact) mass is 1650 g/mol. The third kappa shape index (κ3) is 15.6. The zero-order chi connectivity index (χ0) is 77.9. The summed E-state index contributed by atoms with van der Waals surface area (Å²) in [5, 5.41) is 3.67. The number of ketones is 3. The minimum absolute atomic E-state index is 0. The predicted molar refractivity (Wildman–Crippen MR) is 424 cm³/mol. The van der Waals surface area contributed by atoms with Gasteiger partial charge < -0.3 is 70.3 Å². The Morgan fingerprint density at radius 2 is 0.852 bits per heavy atom. The van der Waals surface area contributed by atoms with E-state index in [1.165, 1.54) is 0 Å². The van der Waals surface area contributed by atoms with E-state index in [-0.39, 0.29) is 115 Å². The van der Waals surface area contributed by atoms with Crippen molar-refractivity contribution in [3.05, 3.63) is 270 Å². The molecule has 27 nitrogen and oxygen atoms in total. The molecule has 9 aromatic heterocycles. The largest absolute Gasteiger partial charge is 1.00 e. The number of Topliss-reactive ketones (excluding diaryl/α,β-unsaturated/α-hetero) is 3. The Balaban J connectivity index is 0.000000130. The Morgan fingerprint density at radius 1 is 0.452 bits per heavy atom. The molecule has 6 saturated heterocycles. The Morgan fingerprint density at radius 3 is 1.28 bits per heavy atom. The average Bonchev–Trinajstić information content (AvgIpc) is 1.59. The van der Waals surface area contributed by atoms with Crippen molar-refractivity contribution in [1.82, 2.24) is 73.2 Å². The van der Waals surface area contributed by atoms with Crippen molar-refractivity contribution < 1.29 is 66.9 Å². The second kappa shape index (κ2) is 33.6. The molecule has 6 aliphatic heterocycles. The summed E-state index contributed by atoms with van der Waals surface area (Å²) in [4.78, 5) is 109. The standard InChI is InChI=1S/C33H30N6O4.C29H26N6O3.C25H24N6O2.HI/c34-31-30-29(23-11-9-22(10-12-23)28(40)17-25-8-4-5-13-35-25)37-32(38(30)15-14-36-31)26-16-24-19-42-20-27(24)39(26)33(41)43-18-21-6-2-1-3-7-21;1-2-5-25(37)35-22(14-20-16-38-17-23(20)35)29-33-26(27-28(30)32-12-13-34(27)29)19-9-7-18(8-10-19)24(36)15-21-6-3-4-11-31-21;26-24-23-22(16-6-4-15(5-7-16)21(32)12-18-3-1-2-8-27-18)30-25(31(23)10-9-28-24)19-11-17-13-33-14-20(17)29-19;/h1-15,24,26-27H,16-20H2,(H2,34,36);3-4,6-13,20,22-23H,14-17H2,1H3,(H2,30,32);1-10,17,19-20,29H,11-14H2,(H2,26,28);1H/p-1/t24-,26-,27+;20-,22-,23+;17-,19-,20+;/m000./s1. The van der Waals surface area contributed by atoms with Crippen LogP contribution in [0.3, 0.4) is 0 Å². The molecule has 6 aliphatic rings. The van der Waals surface area contributed by atoms with Gasteiger partial charge in [0.05, 0.1) is 89.1 Å². The molecule has 6 fully saturated rings. The number of hydrogen-bond acceptors (Lipinski definition) is 22. The van der Waals surface area contributed by atoms with Gasteiger partial charge in [-0.1, -0.05) is 127 Å². The minimum Gasteiger partial charge on any atom is -1.00 e. The lowest BCUT2D eigenvalue weighted by Crippen LogP contribution is -3.00. The van der Waals surface area contributed by atoms with Crippen LogP contribution in [0, 0.1) is 29.6 Å². The normalized spacial score (nSPS) is 20.3. The number of nitrogen functional groups attached to an aromatic ring is 3. The lowest BCUT2D eigenvalue weighted by Gasteiger charge is -2.28. The molecule has 115 heavy (non-hydrogen) atoms. The van der Waals surface area contributed by atoms with Crippen molar-refractivity contribution in [1.29, 1.82) is 0 Å². The molecule has 0 radical (unpaired) electrons. The number of nitrogens with two attached hydrogens (primary N) is 3. The Kier molecular flexibility index (Phi) is 22.4. The van der Waals surface area contributed by atoms with E-state index in [2.05, 4.69) is 47.1 Å². The van der Waals surface area contributed by atoms with E-state index in [0.717, 1.165) is 82.4 Å². The van der Waals surface area contributed by atoms with E-state index in [4.69, 9.17) is 51.1 Å². The first kappa shape index (κ1) is 76.5. The van der Waals surface area contributed by atoms with Crippen LogP contribution in [0.15, 0.2) is 213 Å². The SMILES string of the molecule is CC#CC(=O)N1[C@@H]2COC[C@@H]2C[C@H]1c1nc(-c2ccc(C(=O)Cc3ccccn3)cc2)c2c(N)nccn12.Nc1nccn2c([C@@H]3C[C@H]4COC[C@H]4N3)nc(-c3ccc(C(=O)Cc4ccccn4)cc3)c12.Nc1nccn2c([C@@H]3C[C@H]4COC[C@H]4N3C(=O)OCc3ccccc3)nc(-c3ccc(C(=O)Cc4ccccn4)cc3)c12.[I-]. The van der Waals surface area contributed by atoms with Gasteiger partial charge >= 0.3 is 6.09 Å². The minimum atomic E-state index is -0.400. The molecule has 0 bridgehead atoms. The van der Waals surface area contributed by atoms with Gasteiger partial charge in [-0.25, -0.2) is 34.7 Å². The second-order valence-corrected chi connectivity index (χ2v) is 29.2. The van der Waals surface area contributed by atoms with Crippen molar-refractivity contribution in [2.75, 3.05) is 56.8 Å². The van der Waals surface area contributed by atoms with Gasteiger partial charge in [0.2, 0.25) is 0 Å². The fourth-order valence-corrected chi connectivity index (χ4v) is 16.6. The third-order valence-corrected chi connectivity index (χ3v) is 22.2. The summed E-state index contributed by atoms with van der Waals surface area (Å²) < 4.78 is 28.7. The molecular formula is C87H80IN18O9-. The van der Waals surface area contributed by atoms with Crippen molar-refractivity contribution in [3.8, 4) is 45.6 Å². The van der Waals surface area contributed by atoms with Crippen molar-refractivity contribution >= 4 is 63.4 Å². The molecule has 0 spiro atoms. The number of likely N-dealkylation sites (tertiary alicyclic amines) is 2. The van der Waals surface area contributed by atoms with Crippen molar-refractivity contribution in [2.24, 2.45) is 17.8 Å². The fraction of sp³-hybridized carbons (Fsp3) is 0.264. The summed E-state index contributed by atoms with van der Waals surface area (Å²) in [6.07, 6.45) is 18.3. The number of aromatic nitrogens is 12. The van der Waals surface area contributed by atoms with Gasteiger partial charge in [-0.2, -0.15) is 0 Å². The van der Waals surface area contributed by atoms with Gasteiger partial charge in [0.1, 0.15) is 75.2 Å². The fourth-order valence-electron chi connectivity index (χ4n) is 16.6. The summed E-state index contributed by atoms with van der Waals surface area (Å²) in [7, 11) is 0. The number of carbonyl (C=O) groups is 5. The lowest BCUT2D eigenvalue weighted by molar-refractivity contribution is -0.128. The number of anilines is 3. The zero-order valence-corrected chi connectivity index (χ0v) is 64.8. The topological polar surface area (TPSA) is 348 Å². The number of rotatable bonds is 17. The van der Waals surface area contributed by atoms with Crippen LogP contribution in [0.5, 0.6) is 0 Å². The zero-order valence-electron chi connectivity index (χ0n) is 62.6. The van der Waals surface area contributed by atoms with Crippen LogP contribution in [-0.2, 0) is 49.6 Å². The first-order chi connectivity index (χ1) is 55.8. The number of amides is 2. The Bertz CT molecular complexity index is 5800. The first-order valence-corrected chi connectivity index (χ1v) is 38.0. The van der Waals surface area contributed by atoms with Crippen LogP contribution in [0.4, 0.5) is 22.2 Å². The van der Waals surface area contributed by atoms with E-state index < -0.39 is 6.09 Å². The number of halogens is 1. The molecule has 4 aromatic carbocycles. The molecule has 9 atom stereocenters. The molecule has 0 saturated carbocycles. The van der Waals surface area contributed by atoms with Crippen molar-refractivity contribution in [2.45, 2.75) is 88.3 Å². The highest BCUT2D eigenvalue weighted by molar-refractivity contribution is 6.00. The van der Waals surface area contributed by atoms with E-state index in [1.54, 1.807) is 73.3 Å². The molecule has 7 N–H and O–H groups in total. The van der Waals surface area contributed by atoms with E-state index in [0.29, 0.717) is 113 Å². The summed E-state index contributed by atoms with van der Waals surface area (Å²) in [6, 6.07) is 48.2. The molecule has 580 valence electrons. The number of imidazole rings is 3. The highest BCUT2D eigenvalue weighted by Gasteiger charge is 2.51. The molecular weight excluding hydrogens is 1570 g/mol. The number of nitrogens with zero attached hydrogens (tertiary/aromatic N) is 14. The van der Waals surface area contributed by atoms with E-state index in [1.807, 2.05) is 170 Å². The highest BCUT2D eigenvalue weighted by atomic mass is 127. The van der Waals surface area contributed by atoms with Crippen LogP contribution >= 0.6 is 0 Å². The molecule has 15 heterocycles. The molecule has 0 aliphatic carbocycles. The Labute approximate surface area is 678 Å². The highest BCUT2D eigenvalue weighted by Crippen LogP contribution is 2.47. The van der Waals surface area contributed by atoms with Crippen LogP contribution in [-0.4, -0.2) is 155 Å². The number of carbonyl (C=O) groups excluding carboxylic acids is 5. The van der Waals surface area contributed by atoms with Gasteiger partial charge in [-0.15, -0.1) is 0 Å². The number of ether oxygens (including phenoxy) is 4. The van der Waals surface area contributed by atoms with Crippen LogP contribution < -0.4 is 46.5 Å². The number of fused-ring (bicyclic) bond motifs is 6. The summed E-state index contributed by atoms with van der Waals surface area (Å²) >= 11 is 0. The smallest absolute Gasteiger partial charge is 0.411 e. The Hall–Kier alpha value is -12.5. The molecule has 0 unspecified atom stereocenters. The van der Waals surface area contributed by atoms with Crippen LogP contribution in [0.2, 0.25) is 0 Å². The predicted octanol–water partition coefficient (Wildman–Crippen LogP) is 7.86. The molecule has 13 aromatic rings. The number of nitrogens with one attached hydrogen (secondary N) is 1. The van der Waals surface area contributed by atoms with Crippen LogP contribution in [0.1, 0.15) is 116 Å². The summed E-state index contributed by atoms with van der Waals surface area (Å²) in [6.45, 7) is 5.51. The van der Waals surface area contributed by atoms with E-state index >= 15 is 0 Å². The number of benzene rings is 4. The van der Waals surface area contributed by atoms with Crippen LogP contribution in [0.25, 0.3) is 50.3 Å². The molecule has 19 rings (SSSR count). The quantitative estimate of drug-likeness (QED) is 0.0383. The molecule has 2 amide bonds. The van der Waals surface area contributed by atoms with Gasteiger partial charge in [0.25, 0.3) is 5.91 Å². The maximum Gasteiger partial charge on any atom is 0.411 e. The van der Waals surface area contributed by atoms with Gasteiger partial charge in [0, 0.05) is 130 Å². The van der Waals surface area contributed by atoms with Gasteiger partial charge in [0.15, 0.2) is 17.3 Å². The number of pyridine rings is 3. The summed E-state index contributed by atoms with van der Waals surface area (Å²) in [5.74, 6) is 9.52. The first-order valence-electron chi connectivity index (χ1n) is 38.0. The lowest BCUT2D eigenvalue weighted by atomic mass is 10.0. The van der Waals surface area contributed by atoms with Gasteiger partial charge in [-0.3, -0.25) is 52.2 Å². The van der Waals surface area contributed by atoms with E-state index in [9.17, 15) is 24.0 Å². The second-order valence-electron chi connectivity index (χ2n) is 29.2. The maximum atomic E-state index is 13.6. The number of hydrogen-bond donors (Lipinski definition) is 4. The average molecular weight is 1650 g/mol. The molecule has 28 heteroatoms.